The Bertz CT molecular complexity index is 801. The van der Waals surface area contributed by atoms with Crippen molar-refractivity contribution in [3.8, 4) is 0 Å². The van der Waals surface area contributed by atoms with Gasteiger partial charge >= 0.3 is 6.03 Å². The van der Waals surface area contributed by atoms with Gasteiger partial charge in [-0.3, -0.25) is 9.69 Å². The Balaban J connectivity index is 1.42. The number of benzene rings is 2. The van der Waals surface area contributed by atoms with Crippen molar-refractivity contribution in [2.75, 3.05) is 36.8 Å². The average molecular weight is 396 g/mol. The highest BCUT2D eigenvalue weighted by Gasteiger charge is 2.21. The summed E-state index contributed by atoms with van der Waals surface area (Å²) in [6.45, 7) is 7.21. The Labute approximate surface area is 171 Å². The molecular weight excluding hydrogens is 368 g/mol. The Kier molecular flexibility index (Phi) is 7.21. The lowest BCUT2D eigenvalue weighted by Gasteiger charge is -2.35. The van der Waals surface area contributed by atoms with E-state index in [1.807, 2.05) is 30.3 Å². The van der Waals surface area contributed by atoms with Crippen molar-refractivity contribution >= 4 is 23.3 Å². The first-order chi connectivity index (χ1) is 14.0. The first-order valence-electron chi connectivity index (χ1n) is 9.89. The second-order valence-electron chi connectivity index (χ2n) is 7.30. The number of hydrogen-bond donors (Lipinski definition) is 3. The first kappa shape index (κ1) is 20.8. The van der Waals surface area contributed by atoms with E-state index >= 15 is 0 Å². The molecule has 2 atom stereocenters. The number of ether oxygens (including phenoxy) is 1. The molecule has 0 spiro atoms. The normalized spacial score (nSPS) is 19.4. The summed E-state index contributed by atoms with van der Waals surface area (Å²) in [5, 5.41) is 8.49. The lowest BCUT2D eigenvalue weighted by Crippen LogP contribution is -2.48. The molecule has 1 saturated heterocycles. The summed E-state index contributed by atoms with van der Waals surface area (Å²) < 4.78 is 5.71. The number of rotatable bonds is 6. The minimum atomic E-state index is -0.263. The van der Waals surface area contributed by atoms with Crippen LogP contribution in [0.2, 0.25) is 0 Å². The monoisotopic (exact) mass is 396 g/mol. The predicted octanol–water partition coefficient (Wildman–Crippen LogP) is 3.17. The highest BCUT2D eigenvalue weighted by molar-refractivity contribution is 6.04. The van der Waals surface area contributed by atoms with Crippen LogP contribution in [0.5, 0.6) is 0 Å². The fourth-order valence-corrected chi connectivity index (χ4v) is 3.40. The summed E-state index contributed by atoms with van der Waals surface area (Å²) in [4.78, 5) is 26.7. The number of amides is 3. The number of carbonyl (C=O) groups is 2. The maximum Gasteiger partial charge on any atom is 0.319 e. The number of hydrogen-bond acceptors (Lipinski definition) is 4. The van der Waals surface area contributed by atoms with Crippen LogP contribution < -0.4 is 16.0 Å². The van der Waals surface area contributed by atoms with Crippen LogP contribution in [-0.4, -0.2) is 55.2 Å². The van der Waals surface area contributed by atoms with Crippen molar-refractivity contribution < 1.29 is 14.3 Å². The molecule has 3 rings (SSSR count). The number of nitrogens with zero attached hydrogens (tertiary/aromatic N) is 1. The largest absolute Gasteiger partial charge is 0.373 e. The average Bonchev–Trinajstić information content (AvgIpc) is 2.68. The van der Waals surface area contributed by atoms with Gasteiger partial charge in [0.05, 0.1) is 12.2 Å². The molecule has 29 heavy (non-hydrogen) atoms. The summed E-state index contributed by atoms with van der Waals surface area (Å²) in [6.07, 6.45) is 0.426. The van der Waals surface area contributed by atoms with E-state index in [4.69, 9.17) is 4.74 Å². The van der Waals surface area contributed by atoms with E-state index in [1.54, 1.807) is 24.3 Å². The Morgan fingerprint density at radius 1 is 0.931 bits per heavy atom. The third-order valence-electron chi connectivity index (χ3n) is 4.65. The molecule has 2 aromatic rings. The van der Waals surface area contributed by atoms with Gasteiger partial charge in [-0.2, -0.15) is 0 Å². The molecule has 1 aliphatic heterocycles. The molecule has 2 unspecified atom stereocenters. The van der Waals surface area contributed by atoms with Crippen LogP contribution in [0.3, 0.4) is 0 Å². The molecule has 0 radical (unpaired) electrons. The van der Waals surface area contributed by atoms with Crippen molar-refractivity contribution in [1.29, 1.82) is 0 Å². The quantitative estimate of drug-likeness (QED) is 0.700. The minimum Gasteiger partial charge on any atom is -0.373 e. The molecule has 7 nitrogen and oxygen atoms in total. The van der Waals surface area contributed by atoms with Crippen molar-refractivity contribution in [3.63, 3.8) is 0 Å². The van der Waals surface area contributed by atoms with Gasteiger partial charge in [0.1, 0.15) is 0 Å². The third kappa shape index (κ3) is 6.58. The number of anilines is 2. The number of nitrogens with one attached hydrogen (secondary N) is 3. The van der Waals surface area contributed by atoms with Gasteiger partial charge in [-0.05, 0) is 50.2 Å². The van der Waals surface area contributed by atoms with Crippen molar-refractivity contribution in [2.24, 2.45) is 0 Å². The number of carbonyl (C=O) groups excluding carboxylic acids is 2. The molecule has 2 aromatic carbocycles. The zero-order valence-corrected chi connectivity index (χ0v) is 16.9. The van der Waals surface area contributed by atoms with E-state index < -0.39 is 0 Å². The molecule has 0 bridgehead atoms. The Hall–Kier alpha value is -2.90. The lowest BCUT2D eigenvalue weighted by molar-refractivity contribution is -0.0672. The summed E-state index contributed by atoms with van der Waals surface area (Å²) >= 11 is 0. The van der Waals surface area contributed by atoms with E-state index in [2.05, 4.69) is 34.7 Å². The molecule has 7 heteroatoms. The zero-order chi connectivity index (χ0) is 20.6. The topological polar surface area (TPSA) is 82.7 Å². The molecule has 154 valence electrons. The van der Waals surface area contributed by atoms with Gasteiger partial charge in [-0.15, -0.1) is 0 Å². The molecule has 0 aliphatic carbocycles. The Morgan fingerprint density at radius 2 is 1.55 bits per heavy atom. The van der Waals surface area contributed by atoms with Gasteiger partial charge in [0.25, 0.3) is 5.91 Å². The van der Waals surface area contributed by atoms with Gasteiger partial charge in [-0.1, -0.05) is 18.2 Å². The molecule has 1 aliphatic rings. The van der Waals surface area contributed by atoms with Crippen LogP contribution in [0.15, 0.2) is 54.6 Å². The maximum atomic E-state index is 12.3. The number of morpholine rings is 1. The predicted molar refractivity (Wildman–Crippen MR) is 114 cm³/mol. The molecule has 1 heterocycles. The van der Waals surface area contributed by atoms with Crippen LogP contribution in [-0.2, 0) is 4.74 Å². The van der Waals surface area contributed by atoms with Crippen LogP contribution in [0.4, 0.5) is 16.2 Å². The van der Waals surface area contributed by atoms with Gasteiger partial charge in [-0.25, -0.2) is 4.79 Å². The molecule has 3 N–H and O–H groups in total. The third-order valence-corrected chi connectivity index (χ3v) is 4.65. The second-order valence-corrected chi connectivity index (χ2v) is 7.30. The SMILES string of the molecule is CC1CN(CCNC(=O)Nc2ccc(C(=O)Nc3ccccc3)cc2)CC(C)O1. The van der Waals surface area contributed by atoms with Gasteiger partial charge in [0, 0.05) is 43.1 Å². The van der Waals surface area contributed by atoms with E-state index in [0.29, 0.717) is 17.8 Å². The lowest BCUT2D eigenvalue weighted by atomic mass is 10.2. The van der Waals surface area contributed by atoms with Gasteiger partial charge in [0.2, 0.25) is 0 Å². The van der Waals surface area contributed by atoms with E-state index in [9.17, 15) is 9.59 Å². The van der Waals surface area contributed by atoms with Crippen LogP contribution in [0.25, 0.3) is 0 Å². The van der Waals surface area contributed by atoms with Crippen molar-refractivity contribution in [3.05, 3.63) is 60.2 Å². The summed E-state index contributed by atoms with van der Waals surface area (Å²) in [7, 11) is 0. The van der Waals surface area contributed by atoms with Crippen molar-refractivity contribution in [1.82, 2.24) is 10.2 Å². The second kappa shape index (κ2) is 10.0. The van der Waals surface area contributed by atoms with Gasteiger partial charge in [0.15, 0.2) is 0 Å². The zero-order valence-electron chi connectivity index (χ0n) is 16.9. The summed E-state index contributed by atoms with van der Waals surface area (Å²) in [5.41, 5.74) is 1.89. The molecule has 3 amide bonds. The fourth-order valence-electron chi connectivity index (χ4n) is 3.40. The van der Waals surface area contributed by atoms with E-state index in [0.717, 1.165) is 25.3 Å². The molecule has 1 fully saturated rings. The maximum absolute atomic E-state index is 12.3. The molecule has 0 saturated carbocycles. The first-order valence-corrected chi connectivity index (χ1v) is 9.89. The van der Waals surface area contributed by atoms with Gasteiger partial charge < -0.3 is 20.7 Å². The summed E-state index contributed by atoms with van der Waals surface area (Å²) in [5.74, 6) is -0.193. The van der Waals surface area contributed by atoms with E-state index in [-0.39, 0.29) is 24.1 Å². The Morgan fingerprint density at radius 3 is 2.21 bits per heavy atom. The van der Waals surface area contributed by atoms with Crippen molar-refractivity contribution in [2.45, 2.75) is 26.1 Å². The van der Waals surface area contributed by atoms with Crippen LogP contribution in [0, 0.1) is 0 Å². The molecular formula is C22H28N4O3. The van der Waals surface area contributed by atoms with E-state index in [1.165, 1.54) is 0 Å². The highest BCUT2D eigenvalue weighted by atomic mass is 16.5. The van der Waals surface area contributed by atoms with Crippen LogP contribution >= 0.6 is 0 Å². The van der Waals surface area contributed by atoms with Crippen LogP contribution in [0.1, 0.15) is 24.2 Å². The standard InChI is InChI=1S/C22H28N4O3/c1-16-14-26(15-17(2)29-16)13-12-23-22(28)25-20-10-8-18(9-11-20)21(27)24-19-6-4-3-5-7-19/h3-11,16-17H,12-15H2,1-2H3,(H,24,27)(H2,23,25,28). The summed E-state index contributed by atoms with van der Waals surface area (Å²) in [6, 6.07) is 15.8. The molecule has 0 aromatic heterocycles. The minimum absolute atomic E-state index is 0.193. The highest BCUT2D eigenvalue weighted by Crippen LogP contribution is 2.13. The fraction of sp³-hybridized carbons (Fsp3) is 0.364. The smallest absolute Gasteiger partial charge is 0.319 e. The number of urea groups is 1. The number of para-hydroxylation sites is 1.